The van der Waals surface area contributed by atoms with Gasteiger partial charge in [-0.2, -0.15) is 0 Å². The number of carbonyl (C=O) groups excluding carboxylic acids is 1. The lowest BCUT2D eigenvalue weighted by atomic mass is 9.96. The molecule has 0 unspecified atom stereocenters. The molecule has 2 aromatic heterocycles. The van der Waals surface area contributed by atoms with Gasteiger partial charge in [0.05, 0.1) is 5.39 Å². The van der Waals surface area contributed by atoms with Crippen LogP contribution in [0, 0.1) is 12.8 Å². The fourth-order valence-corrected chi connectivity index (χ4v) is 2.90. The number of anilines is 1. The van der Waals surface area contributed by atoms with Crippen molar-refractivity contribution in [2.75, 3.05) is 18.0 Å². The van der Waals surface area contributed by atoms with E-state index in [0.717, 1.165) is 0 Å². The molecule has 22 heavy (non-hydrogen) atoms. The predicted octanol–water partition coefficient (Wildman–Crippen LogP) is 0.931. The summed E-state index contributed by atoms with van der Waals surface area (Å²) in [7, 11) is 0. The molecule has 0 spiro atoms. The number of fused-ring (bicyclic) bond motifs is 1. The number of rotatable bonds is 3. The summed E-state index contributed by atoms with van der Waals surface area (Å²) in [5.41, 5.74) is 5.68. The van der Waals surface area contributed by atoms with Gasteiger partial charge in [-0.1, -0.05) is 0 Å². The molecule has 0 radical (unpaired) electrons. The molecule has 8 heteroatoms. The summed E-state index contributed by atoms with van der Waals surface area (Å²) in [6.45, 7) is 2.76. The van der Waals surface area contributed by atoms with Crippen LogP contribution in [0.15, 0.2) is 10.7 Å². The number of hydrogen-bond acceptors (Lipinski definition) is 6. The molecule has 1 aliphatic rings. The van der Waals surface area contributed by atoms with Gasteiger partial charge in [0.2, 0.25) is 11.6 Å². The maximum Gasteiger partial charge on any atom is 0.340 e. The molecule has 8 nitrogen and oxygen atoms in total. The lowest BCUT2D eigenvalue weighted by Gasteiger charge is -2.31. The van der Waals surface area contributed by atoms with Gasteiger partial charge in [0.25, 0.3) is 0 Å². The van der Waals surface area contributed by atoms with E-state index >= 15 is 0 Å². The van der Waals surface area contributed by atoms with E-state index in [-0.39, 0.29) is 23.1 Å². The summed E-state index contributed by atoms with van der Waals surface area (Å²) in [6, 6.07) is 0. The number of primary amides is 1. The van der Waals surface area contributed by atoms with E-state index in [0.29, 0.717) is 42.9 Å². The second kappa shape index (κ2) is 5.28. The first kappa shape index (κ1) is 14.3. The monoisotopic (exact) mass is 304 g/mol. The quantitative estimate of drug-likeness (QED) is 0.864. The van der Waals surface area contributed by atoms with Crippen molar-refractivity contribution in [1.29, 1.82) is 0 Å². The Labute approximate surface area is 125 Å². The largest absolute Gasteiger partial charge is 0.478 e. The number of nitrogens with zero attached hydrogens (tertiary/aromatic N) is 3. The maximum atomic E-state index is 11.5. The molecule has 1 aliphatic heterocycles. The predicted molar refractivity (Wildman–Crippen MR) is 77.6 cm³/mol. The summed E-state index contributed by atoms with van der Waals surface area (Å²) in [5.74, 6) is -0.672. The van der Waals surface area contributed by atoms with E-state index in [1.807, 2.05) is 4.90 Å². The van der Waals surface area contributed by atoms with Crippen molar-refractivity contribution in [2.24, 2.45) is 11.7 Å². The lowest BCUT2D eigenvalue weighted by Crippen LogP contribution is -2.39. The van der Waals surface area contributed by atoms with Crippen LogP contribution in [-0.2, 0) is 4.79 Å². The third-order valence-electron chi connectivity index (χ3n) is 4.06. The molecule has 1 amide bonds. The smallest absolute Gasteiger partial charge is 0.340 e. The van der Waals surface area contributed by atoms with Gasteiger partial charge in [0.1, 0.15) is 23.5 Å². The maximum absolute atomic E-state index is 11.5. The molecule has 0 aromatic carbocycles. The molecule has 0 atom stereocenters. The number of amides is 1. The Balaban J connectivity index is 2.01. The molecule has 0 saturated carbocycles. The second-order valence-corrected chi connectivity index (χ2v) is 5.38. The molecule has 3 rings (SSSR count). The second-order valence-electron chi connectivity index (χ2n) is 5.38. The fourth-order valence-electron chi connectivity index (χ4n) is 2.90. The third kappa shape index (κ3) is 2.26. The van der Waals surface area contributed by atoms with Crippen LogP contribution < -0.4 is 10.6 Å². The number of carboxylic acids is 1. The highest BCUT2D eigenvalue weighted by molar-refractivity contribution is 6.07. The van der Waals surface area contributed by atoms with Crippen LogP contribution in [0.3, 0.4) is 0 Å². The number of carboxylic acid groups (broad SMARTS) is 1. The molecule has 116 valence electrons. The van der Waals surface area contributed by atoms with Gasteiger partial charge in [-0.25, -0.2) is 14.8 Å². The van der Waals surface area contributed by atoms with E-state index in [9.17, 15) is 14.7 Å². The van der Waals surface area contributed by atoms with Gasteiger partial charge in [-0.3, -0.25) is 4.79 Å². The number of aromatic nitrogens is 2. The lowest BCUT2D eigenvalue weighted by molar-refractivity contribution is -0.122. The number of nitrogens with two attached hydrogens (primary N) is 1. The zero-order valence-corrected chi connectivity index (χ0v) is 12.1. The minimum atomic E-state index is -1.07. The van der Waals surface area contributed by atoms with E-state index in [4.69, 9.17) is 10.2 Å². The van der Waals surface area contributed by atoms with Crippen LogP contribution in [0.5, 0.6) is 0 Å². The van der Waals surface area contributed by atoms with Crippen LogP contribution in [0.1, 0.15) is 29.0 Å². The van der Waals surface area contributed by atoms with Crippen LogP contribution in [0.25, 0.3) is 11.1 Å². The Hall–Kier alpha value is -2.64. The number of carbonyl (C=O) groups is 2. The number of aromatic carboxylic acids is 1. The van der Waals surface area contributed by atoms with Gasteiger partial charge in [-0.05, 0) is 19.8 Å². The average Bonchev–Trinajstić information content (AvgIpc) is 2.83. The first-order valence-electron chi connectivity index (χ1n) is 7.00. The first-order chi connectivity index (χ1) is 10.5. The van der Waals surface area contributed by atoms with E-state index in [1.165, 1.54) is 6.33 Å². The normalized spacial score (nSPS) is 16.1. The standard InChI is InChI=1S/C14H16N4O4/c1-7-9(14(20)21)10-12(16-6-17-13(10)22-7)18-4-2-8(3-5-18)11(15)19/h6,8H,2-5H2,1H3,(H2,15,19)(H,20,21). The Morgan fingerprint density at radius 3 is 2.64 bits per heavy atom. The summed E-state index contributed by atoms with van der Waals surface area (Å²) < 4.78 is 5.42. The van der Waals surface area contributed by atoms with Gasteiger partial charge in [0, 0.05) is 19.0 Å². The van der Waals surface area contributed by atoms with E-state index in [2.05, 4.69) is 9.97 Å². The fraction of sp³-hybridized carbons (Fsp3) is 0.429. The average molecular weight is 304 g/mol. The van der Waals surface area contributed by atoms with Crippen molar-refractivity contribution in [2.45, 2.75) is 19.8 Å². The Kier molecular flexibility index (Phi) is 3.44. The van der Waals surface area contributed by atoms with Gasteiger partial charge < -0.3 is 20.2 Å². The minimum Gasteiger partial charge on any atom is -0.478 e. The molecule has 3 heterocycles. The highest BCUT2D eigenvalue weighted by Gasteiger charge is 2.28. The van der Waals surface area contributed by atoms with E-state index < -0.39 is 5.97 Å². The number of hydrogen-bond donors (Lipinski definition) is 2. The summed E-state index contributed by atoms with van der Waals surface area (Å²) >= 11 is 0. The molecule has 2 aromatic rings. The summed E-state index contributed by atoms with van der Waals surface area (Å²) in [6.07, 6.45) is 2.60. The third-order valence-corrected chi connectivity index (χ3v) is 4.06. The Morgan fingerprint density at radius 2 is 2.05 bits per heavy atom. The topological polar surface area (TPSA) is 123 Å². The highest BCUT2D eigenvalue weighted by Crippen LogP contribution is 2.33. The van der Waals surface area contributed by atoms with Gasteiger partial charge >= 0.3 is 5.97 Å². The SMILES string of the molecule is Cc1oc2ncnc(N3CCC(C(N)=O)CC3)c2c1C(=O)O. The number of furan rings is 1. The molecule has 1 saturated heterocycles. The zero-order chi connectivity index (χ0) is 15.9. The zero-order valence-electron chi connectivity index (χ0n) is 12.1. The molecular weight excluding hydrogens is 288 g/mol. The highest BCUT2D eigenvalue weighted by atomic mass is 16.4. The van der Waals surface area contributed by atoms with Gasteiger partial charge in [0.15, 0.2) is 0 Å². The van der Waals surface area contributed by atoms with E-state index in [1.54, 1.807) is 6.92 Å². The number of aryl methyl sites for hydroxylation is 1. The van der Waals surface area contributed by atoms with Crippen LogP contribution in [0.2, 0.25) is 0 Å². The minimum absolute atomic E-state index is 0.0858. The van der Waals surface area contributed by atoms with Crippen LogP contribution >= 0.6 is 0 Å². The van der Waals surface area contributed by atoms with Crippen molar-refractivity contribution in [3.05, 3.63) is 17.7 Å². The molecule has 1 fully saturated rings. The molecule has 0 aliphatic carbocycles. The Bertz CT molecular complexity index is 747. The van der Waals surface area contributed by atoms with Crippen molar-refractivity contribution < 1.29 is 19.1 Å². The van der Waals surface area contributed by atoms with Crippen molar-refractivity contribution in [3.8, 4) is 0 Å². The first-order valence-corrected chi connectivity index (χ1v) is 7.00. The van der Waals surface area contributed by atoms with Crippen LogP contribution in [-0.4, -0.2) is 40.0 Å². The summed E-state index contributed by atoms with van der Waals surface area (Å²) in [5, 5.41) is 9.80. The molecular formula is C14H16N4O4. The van der Waals surface area contributed by atoms with Gasteiger partial charge in [-0.15, -0.1) is 0 Å². The Morgan fingerprint density at radius 1 is 1.36 bits per heavy atom. The molecule has 3 N–H and O–H groups in total. The van der Waals surface area contributed by atoms with Crippen molar-refractivity contribution in [1.82, 2.24) is 9.97 Å². The van der Waals surface area contributed by atoms with Crippen LogP contribution in [0.4, 0.5) is 5.82 Å². The number of piperidine rings is 1. The van der Waals surface area contributed by atoms with Crippen molar-refractivity contribution >= 4 is 28.8 Å². The van der Waals surface area contributed by atoms with Crippen molar-refractivity contribution in [3.63, 3.8) is 0 Å². The summed E-state index contributed by atoms with van der Waals surface area (Å²) in [4.78, 5) is 32.9. The molecule has 0 bridgehead atoms.